The SMILES string of the molecule is COc1cc(C(=O)O)c(OC(F)F)c([N+](=O)[O-])c1. The molecule has 0 atom stereocenters. The van der Waals surface area contributed by atoms with Crippen molar-refractivity contribution in [1.29, 1.82) is 0 Å². The van der Waals surface area contributed by atoms with Gasteiger partial charge in [0.2, 0.25) is 5.75 Å². The summed E-state index contributed by atoms with van der Waals surface area (Å²) in [5, 5.41) is 19.5. The van der Waals surface area contributed by atoms with Crippen molar-refractivity contribution in [3.05, 3.63) is 27.8 Å². The van der Waals surface area contributed by atoms with Gasteiger partial charge < -0.3 is 14.6 Å². The zero-order valence-corrected chi connectivity index (χ0v) is 8.92. The van der Waals surface area contributed by atoms with Crippen molar-refractivity contribution in [3.63, 3.8) is 0 Å². The molecule has 98 valence electrons. The molecule has 7 nitrogen and oxygen atoms in total. The Morgan fingerprint density at radius 3 is 2.50 bits per heavy atom. The minimum absolute atomic E-state index is 0.152. The highest BCUT2D eigenvalue weighted by atomic mass is 19.3. The van der Waals surface area contributed by atoms with Crippen LogP contribution < -0.4 is 9.47 Å². The molecule has 1 rings (SSSR count). The summed E-state index contributed by atoms with van der Waals surface area (Å²) in [5.74, 6) is -2.81. The Labute approximate surface area is 98.7 Å². The lowest BCUT2D eigenvalue weighted by atomic mass is 10.1. The van der Waals surface area contributed by atoms with E-state index in [2.05, 4.69) is 9.47 Å². The van der Waals surface area contributed by atoms with Crippen molar-refractivity contribution in [2.75, 3.05) is 7.11 Å². The fourth-order valence-corrected chi connectivity index (χ4v) is 1.21. The summed E-state index contributed by atoms with van der Waals surface area (Å²) in [6, 6.07) is 1.65. The van der Waals surface area contributed by atoms with Crippen LogP contribution in [0.4, 0.5) is 14.5 Å². The van der Waals surface area contributed by atoms with Crippen LogP contribution in [0.5, 0.6) is 11.5 Å². The second-order valence-corrected chi connectivity index (χ2v) is 2.96. The zero-order valence-electron chi connectivity index (χ0n) is 8.92. The van der Waals surface area contributed by atoms with Crippen LogP contribution in [0.1, 0.15) is 10.4 Å². The summed E-state index contributed by atoms with van der Waals surface area (Å²) >= 11 is 0. The molecule has 0 unspecified atom stereocenters. The van der Waals surface area contributed by atoms with Gasteiger partial charge in [0.15, 0.2) is 0 Å². The molecular weight excluding hydrogens is 256 g/mol. The molecule has 0 saturated carbocycles. The van der Waals surface area contributed by atoms with E-state index in [9.17, 15) is 23.7 Å². The number of benzene rings is 1. The summed E-state index contributed by atoms with van der Waals surface area (Å²) in [4.78, 5) is 20.5. The number of alkyl halides is 2. The predicted molar refractivity (Wildman–Crippen MR) is 53.2 cm³/mol. The summed E-state index contributed by atoms with van der Waals surface area (Å²) in [5.41, 5.74) is -1.69. The van der Waals surface area contributed by atoms with Gasteiger partial charge in [0, 0.05) is 0 Å². The third kappa shape index (κ3) is 2.81. The second-order valence-electron chi connectivity index (χ2n) is 2.96. The van der Waals surface area contributed by atoms with Crippen LogP contribution >= 0.6 is 0 Å². The van der Waals surface area contributed by atoms with Gasteiger partial charge in [0.05, 0.1) is 18.1 Å². The first-order valence-electron chi connectivity index (χ1n) is 4.41. The molecule has 1 aromatic carbocycles. The van der Waals surface area contributed by atoms with Gasteiger partial charge in [-0.25, -0.2) is 4.79 Å². The minimum Gasteiger partial charge on any atom is -0.496 e. The number of halogens is 2. The molecular formula is C9H7F2NO6. The van der Waals surface area contributed by atoms with E-state index >= 15 is 0 Å². The first-order chi connectivity index (χ1) is 8.36. The molecule has 0 bridgehead atoms. The van der Waals surface area contributed by atoms with E-state index in [0.29, 0.717) is 0 Å². The van der Waals surface area contributed by atoms with Crippen LogP contribution in [-0.2, 0) is 0 Å². The third-order valence-corrected chi connectivity index (χ3v) is 1.91. The number of rotatable bonds is 5. The molecule has 0 fully saturated rings. The normalized spacial score (nSPS) is 10.2. The lowest BCUT2D eigenvalue weighted by Gasteiger charge is -2.10. The van der Waals surface area contributed by atoms with E-state index < -0.39 is 34.5 Å². The minimum atomic E-state index is -3.38. The number of ether oxygens (including phenoxy) is 2. The average molecular weight is 263 g/mol. The summed E-state index contributed by atoms with van der Waals surface area (Å²) < 4.78 is 32.8. The Morgan fingerprint density at radius 2 is 2.11 bits per heavy atom. The van der Waals surface area contributed by atoms with Gasteiger partial charge in [0.25, 0.3) is 0 Å². The van der Waals surface area contributed by atoms with Gasteiger partial charge in [0.1, 0.15) is 11.3 Å². The topological polar surface area (TPSA) is 98.9 Å². The Morgan fingerprint density at radius 1 is 1.50 bits per heavy atom. The van der Waals surface area contributed by atoms with Gasteiger partial charge in [-0.3, -0.25) is 10.1 Å². The smallest absolute Gasteiger partial charge is 0.387 e. The molecule has 18 heavy (non-hydrogen) atoms. The highest BCUT2D eigenvalue weighted by molar-refractivity contribution is 5.93. The fourth-order valence-electron chi connectivity index (χ4n) is 1.21. The molecule has 0 aliphatic heterocycles. The number of hydrogen-bond donors (Lipinski definition) is 1. The van der Waals surface area contributed by atoms with E-state index in [1.165, 1.54) is 0 Å². The van der Waals surface area contributed by atoms with Crippen molar-refractivity contribution in [2.24, 2.45) is 0 Å². The molecule has 0 aliphatic rings. The van der Waals surface area contributed by atoms with E-state index in [1.54, 1.807) is 0 Å². The van der Waals surface area contributed by atoms with Crippen LogP contribution in [-0.4, -0.2) is 29.7 Å². The van der Waals surface area contributed by atoms with E-state index in [-0.39, 0.29) is 5.75 Å². The Bertz CT molecular complexity index is 455. The van der Waals surface area contributed by atoms with Crippen LogP contribution in [0.15, 0.2) is 12.1 Å². The molecule has 9 heteroatoms. The monoisotopic (exact) mass is 263 g/mol. The first kappa shape index (κ1) is 13.6. The summed E-state index contributed by atoms with van der Waals surface area (Å²) in [7, 11) is 1.15. The standard InChI is InChI=1S/C9H7F2NO6/c1-17-4-2-5(8(13)14)7(18-9(10)11)6(3-4)12(15)16/h2-3,9H,1H3,(H,13,14). The lowest BCUT2D eigenvalue weighted by molar-refractivity contribution is -0.386. The van der Waals surface area contributed by atoms with Crippen LogP contribution in [0, 0.1) is 10.1 Å². The number of aromatic carboxylic acids is 1. The third-order valence-electron chi connectivity index (χ3n) is 1.91. The predicted octanol–water partition coefficient (Wildman–Crippen LogP) is 1.90. The largest absolute Gasteiger partial charge is 0.496 e. The van der Waals surface area contributed by atoms with Gasteiger partial charge in [-0.05, 0) is 6.07 Å². The second kappa shape index (κ2) is 5.25. The van der Waals surface area contributed by atoms with Crippen molar-refractivity contribution >= 4 is 11.7 Å². The van der Waals surface area contributed by atoms with Gasteiger partial charge in [-0.1, -0.05) is 0 Å². The number of carboxylic acids is 1. The van der Waals surface area contributed by atoms with E-state index in [0.717, 1.165) is 19.2 Å². The maximum Gasteiger partial charge on any atom is 0.387 e. The maximum atomic E-state index is 12.1. The number of nitro benzene ring substituents is 1. The number of hydrogen-bond acceptors (Lipinski definition) is 5. The van der Waals surface area contributed by atoms with Crippen LogP contribution in [0.2, 0.25) is 0 Å². The molecule has 0 aromatic heterocycles. The van der Waals surface area contributed by atoms with Gasteiger partial charge in [-0.15, -0.1) is 0 Å². The fraction of sp³-hybridized carbons (Fsp3) is 0.222. The number of carboxylic acid groups (broad SMARTS) is 1. The van der Waals surface area contributed by atoms with E-state index in [4.69, 9.17) is 5.11 Å². The molecule has 0 heterocycles. The lowest BCUT2D eigenvalue weighted by Crippen LogP contribution is -2.10. The zero-order chi connectivity index (χ0) is 13.9. The number of methoxy groups -OCH3 is 1. The Hall–Kier alpha value is -2.45. The van der Waals surface area contributed by atoms with E-state index in [1.807, 2.05) is 0 Å². The maximum absolute atomic E-state index is 12.1. The van der Waals surface area contributed by atoms with Gasteiger partial charge >= 0.3 is 18.3 Å². The van der Waals surface area contributed by atoms with Crippen LogP contribution in [0.3, 0.4) is 0 Å². The number of nitro groups is 1. The first-order valence-corrected chi connectivity index (χ1v) is 4.41. The molecule has 0 aliphatic carbocycles. The molecule has 1 N–H and O–H groups in total. The molecule has 0 saturated heterocycles. The molecule has 0 amide bonds. The van der Waals surface area contributed by atoms with Gasteiger partial charge in [-0.2, -0.15) is 8.78 Å². The Balaban J connectivity index is 3.49. The Kier molecular flexibility index (Phi) is 3.97. The highest BCUT2D eigenvalue weighted by Gasteiger charge is 2.27. The van der Waals surface area contributed by atoms with Crippen molar-refractivity contribution < 1.29 is 33.1 Å². The van der Waals surface area contributed by atoms with Crippen molar-refractivity contribution in [3.8, 4) is 11.5 Å². The summed E-state index contributed by atoms with van der Waals surface area (Å²) in [6.45, 7) is -3.38. The number of nitrogens with zero attached hydrogens (tertiary/aromatic N) is 1. The molecule has 1 aromatic rings. The quantitative estimate of drug-likeness (QED) is 0.643. The van der Waals surface area contributed by atoms with Crippen molar-refractivity contribution in [2.45, 2.75) is 6.61 Å². The average Bonchev–Trinajstić information content (AvgIpc) is 2.27. The number of carbonyl (C=O) groups is 1. The molecule has 0 spiro atoms. The molecule has 0 radical (unpaired) electrons. The summed E-state index contributed by atoms with van der Waals surface area (Å²) in [6.07, 6.45) is 0. The van der Waals surface area contributed by atoms with Crippen LogP contribution in [0.25, 0.3) is 0 Å². The van der Waals surface area contributed by atoms with Crippen molar-refractivity contribution in [1.82, 2.24) is 0 Å². The highest BCUT2D eigenvalue weighted by Crippen LogP contribution is 2.36.